The third-order valence-electron chi connectivity index (χ3n) is 4.74. The van der Waals surface area contributed by atoms with E-state index < -0.39 is 25.3 Å². The lowest BCUT2D eigenvalue weighted by Crippen LogP contribution is -2.49. The van der Waals surface area contributed by atoms with Gasteiger partial charge in [0.05, 0.1) is 5.25 Å². The maximum absolute atomic E-state index is 12.7. The van der Waals surface area contributed by atoms with Crippen LogP contribution in [0.5, 0.6) is 0 Å². The third-order valence-corrected chi connectivity index (χ3v) is 8.51. The second kappa shape index (κ2) is 7.07. The van der Waals surface area contributed by atoms with E-state index in [-0.39, 0.29) is 17.5 Å². The van der Waals surface area contributed by atoms with E-state index in [1.54, 1.807) is 6.07 Å². The van der Waals surface area contributed by atoms with E-state index in [4.69, 9.17) is 0 Å². The zero-order valence-corrected chi connectivity index (χ0v) is 15.1. The first-order valence-electron chi connectivity index (χ1n) is 8.31. The van der Waals surface area contributed by atoms with Crippen molar-refractivity contribution >= 4 is 20.0 Å². The molecule has 9 heteroatoms. The Morgan fingerprint density at radius 3 is 2.50 bits per heavy atom. The average Bonchev–Trinajstić information content (AvgIpc) is 3.08. The molecule has 1 aromatic heterocycles. The molecular weight excluding hydrogens is 350 g/mol. The Labute approximate surface area is 143 Å². The number of sulfonamides is 2. The van der Waals surface area contributed by atoms with Crippen LogP contribution in [0.1, 0.15) is 38.5 Å². The summed E-state index contributed by atoms with van der Waals surface area (Å²) in [6.07, 6.45) is 7.64. The van der Waals surface area contributed by atoms with Crippen molar-refractivity contribution in [3.05, 3.63) is 24.5 Å². The minimum Gasteiger partial charge on any atom is -0.263 e. The average molecular weight is 374 g/mol. The van der Waals surface area contributed by atoms with E-state index in [9.17, 15) is 16.8 Å². The predicted molar refractivity (Wildman–Crippen MR) is 90.3 cm³/mol. The maximum Gasteiger partial charge on any atom is 0.244 e. The smallest absolute Gasteiger partial charge is 0.244 e. The molecule has 24 heavy (non-hydrogen) atoms. The van der Waals surface area contributed by atoms with E-state index >= 15 is 0 Å². The number of nitrogens with zero attached hydrogens (tertiary/aromatic N) is 2. The van der Waals surface area contributed by atoms with Crippen LogP contribution >= 0.6 is 0 Å². The van der Waals surface area contributed by atoms with Gasteiger partial charge in [0.15, 0.2) is 0 Å². The summed E-state index contributed by atoms with van der Waals surface area (Å²) in [6, 6.07) is 3.05. The van der Waals surface area contributed by atoms with Crippen molar-refractivity contribution < 1.29 is 16.8 Å². The SMILES string of the molecule is O=S(=O)(NC1CCCC1)[C@@H]1CCCN(S(=O)(=O)c2cccnc2)C1. The largest absolute Gasteiger partial charge is 0.263 e. The highest BCUT2D eigenvalue weighted by atomic mass is 32.2. The van der Waals surface area contributed by atoms with Crippen LogP contribution < -0.4 is 4.72 Å². The molecular formula is C15H23N3O4S2. The molecule has 0 unspecified atom stereocenters. The summed E-state index contributed by atoms with van der Waals surface area (Å²) in [7, 11) is -7.22. The van der Waals surface area contributed by atoms with Crippen molar-refractivity contribution in [2.45, 2.75) is 54.7 Å². The Morgan fingerprint density at radius 2 is 1.83 bits per heavy atom. The molecule has 0 spiro atoms. The van der Waals surface area contributed by atoms with Crippen LogP contribution in [0.2, 0.25) is 0 Å². The van der Waals surface area contributed by atoms with Gasteiger partial charge >= 0.3 is 0 Å². The summed E-state index contributed by atoms with van der Waals surface area (Å²) in [6.45, 7) is 0.339. The van der Waals surface area contributed by atoms with Gasteiger partial charge in [0.1, 0.15) is 4.90 Å². The van der Waals surface area contributed by atoms with Crippen molar-refractivity contribution in [1.29, 1.82) is 0 Å². The number of pyridine rings is 1. The molecule has 134 valence electrons. The first kappa shape index (κ1) is 17.8. The lowest BCUT2D eigenvalue weighted by Gasteiger charge is -2.32. The molecule has 2 aliphatic rings. The van der Waals surface area contributed by atoms with Crippen LogP contribution in [0.4, 0.5) is 0 Å². The molecule has 1 saturated carbocycles. The number of piperidine rings is 1. The van der Waals surface area contributed by atoms with Crippen LogP contribution in [0.3, 0.4) is 0 Å². The Hall–Kier alpha value is -1.03. The molecule has 0 aromatic carbocycles. The van der Waals surface area contributed by atoms with E-state index in [0.717, 1.165) is 25.7 Å². The molecule has 1 saturated heterocycles. The quantitative estimate of drug-likeness (QED) is 0.834. The minimum atomic E-state index is -3.70. The van der Waals surface area contributed by atoms with E-state index in [0.29, 0.717) is 19.4 Å². The number of rotatable bonds is 5. The van der Waals surface area contributed by atoms with Crippen LogP contribution in [-0.2, 0) is 20.0 Å². The molecule has 0 amide bonds. The maximum atomic E-state index is 12.7. The van der Waals surface area contributed by atoms with Crippen molar-refractivity contribution in [2.75, 3.05) is 13.1 Å². The Bertz CT molecular complexity index is 759. The highest BCUT2D eigenvalue weighted by Gasteiger charge is 2.37. The second-order valence-electron chi connectivity index (χ2n) is 6.46. The standard InChI is InChI=1S/C15H23N3O4S2/c19-23(20,17-13-5-1-2-6-13)15-8-4-10-18(12-15)24(21,22)14-7-3-9-16-11-14/h3,7,9,11,13,15,17H,1-2,4-6,8,10,12H2/t15-/m1/s1. The van der Waals surface area contributed by atoms with Crippen molar-refractivity contribution in [1.82, 2.24) is 14.0 Å². The first-order valence-corrected chi connectivity index (χ1v) is 11.3. The van der Waals surface area contributed by atoms with Gasteiger partial charge < -0.3 is 0 Å². The Balaban J connectivity index is 1.74. The van der Waals surface area contributed by atoms with Gasteiger partial charge in [-0.15, -0.1) is 0 Å². The first-order chi connectivity index (χ1) is 11.4. The van der Waals surface area contributed by atoms with Gasteiger partial charge in [-0.2, -0.15) is 4.31 Å². The monoisotopic (exact) mass is 373 g/mol. The molecule has 1 aliphatic carbocycles. The Kier molecular flexibility index (Phi) is 5.24. The predicted octanol–water partition coefficient (Wildman–Crippen LogP) is 1.10. The minimum absolute atomic E-state index is 0.000284. The highest BCUT2D eigenvalue weighted by Crippen LogP contribution is 2.25. The van der Waals surface area contributed by atoms with Gasteiger partial charge in [-0.3, -0.25) is 4.98 Å². The van der Waals surface area contributed by atoms with Crippen LogP contribution in [-0.4, -0.2) is 50.5 Å². The van der Waals surface area contributed by atoms with Crippen LogP contribution in [0.25, 0.3) is 0 Å². The molecule has 0 bridgehead atoms. The van der Waals surface area contributed by atoms with Crippen molar-refractivity contribution in [3.8, 4) is 0 Å². The normalized spacial score (nSPS) is 24.2. The highest BCUT2D eigenvalue weighted by molar-refractivity contribution is 7.90. The summed E-state index contributed by atoms with van der Waals surface area (Å²) in [5.74, 6) is 0. The summed E-state index contributed by atoms with van der Waals surface area (Å²) < 4.78 is 54.6. The zero-order chi connectivity index (χ0) is 17.2. The van der Waals surface area contributed by atoms with E-state index in [1.165, 1.54) is 22.8 Å². The fourth-order valence-electron chi connectivity index (χ4n) is 3.40. The molecule has 1 N–H and O–H groups in total. The lowest BCUT2D eigenvalue weighted by atomic mass is 10.2. The molecule has 1 aliphatic heterocycles. The summed E-state index contributed by atoms with van der Waals surface area (Å²) >= 11 is 0. The molecule has 0 radical (unpaired) electrons. The number of hydrogen-bond donors (Lipinski definition) is 1. The number of aromatic nitrogens is 1. The van der Waals surface area contributed by atoms with Crippen LogP contribution in [0.15, 0.2) is 29.4 Å². The second-order valence-corrected chi connectivity index (χ2v) is 10.4. The Morgan fingerprint density at radius 1 is 1.08 bits per heavy atom. The van der Waals surface area contributed by atoms with E-state index in [1.807, 2.05) is 0 Å². The molecule has 2 heterocycles. The van der Waals surface area contributed by atoms with Gasteiger partial charge in [0, 0.05) is 31.5 Å². The van der Waals surface area contributed by atoms with Gasteiger partial charge in [0.2, 0.25) is 20.0 Å². The summed E-state index contributed by atoms with van der Waals surface area (Å²) in [4.78, 5) is 3.95. The van der Waals surface area contributed by atoms with E-state index in [2.05, 4.69) is 9.71 Å². The topological polar surface area (TPSA) is 96.4 Å². The molecule has 1 aromatic rings. The molecule has 3 rings (SSSR count). The lowest BCUT2D eigenvalue weighted by molar-refractivity contribution is 0.343. The molecule has 7 nitrogen and oxygen atoms in total. The van der Waals surface area contributed by atoms with Crippen molar-refractivity contribution in [3.63, 3.8) is 0 Å². The molecule has 2 fully saturated rings. The van der Waals surface area contributed by atoms with Gasteiger partial charge in [-0.25, -0.2) is 21.6 Å². The number of hydrogen-bond acceptors (Lipinski definition) is 5. The molecule has 1 atom stereocenters. The van der Waals surface area contributed by atoms with Gasteiger partial charge in [-0.1, -0.05) is 12.8 Å². The van der Waals surface area contributed by atoms with Gasteiger partial charge in [0.25, 0.3) is 0 Å². The fraction of sp³-hybridized carbons (Fsp3) is 0.667. The summed E-state index contributed by atoms with van der Waals surface area (Å²) in [5.41, 5.74) is 0. The van der Waals surface area contributed by atoms with Crippen LogP contribution in [0, 0.1) is 0 Å². The van der Waals surface area contributed by atoms with Gasteiger partial charge in [-0.05, 0) is 37.8 Å². The van der Waals surface area contributed by atoms with Crippen molar-refractivity contribution in [2.24, 2.45) is 0 Å². The number of nitrogens with one attached hydrogen (secondary N) is 1. The third kappa shape index (κ3) is 3.79. The summed E-state index contributed by atoms with van der Waals surface area (Å²) in [5, 5.41) is -0.696. The zero-order valence-electron chi connectivity index (χ0n) is 13.5. The fourth-order valence-corrected chi connectivity index (χ4v) is 6.73.